The number of hydrogen-bond donors (Lipinski definition) is 0. The topological polar surface area (TPSA) is 9.23 Å². The van der Waals surface area contributed by atoms with Gasteiger partial charge >= 0.3 is 24.1 Å². The predicted molar refractivity (Wildman–Crippen MR) is 41.5 cm³/mol. The Hall–Kier alpha value is -0.600. The Kier molecular flexibility index (Phi) is 4.42. The van der Waals surface area contributed by atoms with E-state index in [0.29, 0.717) is 0 Å². The molecule has 1 nitrogen and oxygen atoms in total. The van der Waals surface area contributed by atoms with E-state index in [-0.39, 0.29) is 0 Å². The zero-order valence-electron chi connectivity index (χ0n) is 8.85. The number of rotatable bonds is 1. The first-order valence-corrected chi connectivity index (χ1v) is 4.58. The molecule has 0 radical (unpaired) electrons. The van der Waals surface area contributed by atoms with E-state index in [1.165, 1.54) is 12.8 Å². The normalized spacial score (nSPS) is 27.2. The van der Waals surface area contributed by atoms with Crippen LogP contribution in [0.15, 0.2) is 0 Å². The number of alkyl halides is 8. The second-order valence-corrected chi connectivity index (χ2v) is 3.28. The molecule has 0 aliphatic carbocycles. The lowest BCUT2D eigenvalue weighted by atomic mass is 10.2. The lowest BCUT2D eigenvalue weighted by Crippen LogP contribution is -2.51. The second kappa shape index (κ2) is 4.58. The van der Waals surface area contributed by atoms with Crippen LogP contribution in [0.2, 0.25) is 0 Å². The Balaban J connectivity index is 0.000000557. The quantitative estimate of drug-likeness (QED) is 0.648. The Morgan fingerprint density at radius 3 is 0.941 bits per heavy atom. The fourth-order valence-corrected chi connectivity index (χ4v) is 0.655. The average molecular weight is 274 g/mol. The highest BCUT2D eigenvalue weighted by Gasteiger charge is 2.91. The van der Waals surface area contributed by atoms with E-state index >= 15 is 0 Å². The fourth-order valence-electron chi connectivity index (χ4n) is 0.655. The molecule has 0 spiro atoms. The van der Waals surface area contributed by atoms with E-state index < -0.39 is 24.1 Å². The smallest absolute Gasteiger partial charge is 0.245 e. The molecule has 9 heteroatoms. The maximum absolute atomic E-state index is 11.9. The van der Waals surface area contributed by atoms with E-state index in [0.717, 1.165) is 0 Å². The standard InChI is InChI=1S/C4F8O.C4H10/c5-1(6)2(7,8)4(11,12)13-3(1,9)10;1-3-4-2/h;3-4H2,1-2H3. The van der Waals surface area contributed by atoms with Gasteiger partial charge < -0.3 is 0 Å². The van der Waals surface area contributed by atoms with Crippen molar-refractivity contribution in [2.45, 2.75) is 50.8 Å². The van der Waals surface area contributed by atoms with Gasteiger partial charge in [-0.3, -0.25) is 0 Å². The second-order valence-electron chi connectivity index (χ2n) is 3.28. The van der Waals surface area contributed by atoms with E-state index in [2.05, 4.69) is 13.8 Å². The minimum atomic E-state index is -6.22. The van der Waals surface area contributed by atoms with E-state index in [1.807, 2.05) is 4.74 Å². The summed E-state index contributed by atoms with van der Waals surface area (Å²) in [5.41, 5.74) is 0. The summed E-state index contributed by atoms with van der Waals surface area (Å²) < 4.78 is 96.7. The number of halogens is 8. The van der Waals surface area contributed by atoms with Crippen molar-refractivity contribution in [1.82, 2.24) is 0 Å². The largest absolute Gasteiger partial charge is 0.430 e. The van der Waals surface area contributed by atoms with Crippen LogP contribution in [0.5, 0.6) is 0 Å². The van der Waals surface area contributed by atoms with Gasteiger partial charge in [-0.15, -0.1) is 0 Å². The summed E-state index contributed by atoms with van der Waals surface area (Å²) in [5, 5.41) is 0. The van der Waals surface area contributed by atoms with Crippen molar-refractivity contribution in [2.75, 3.05) is 0 Å². The molecule has 0 atom stereocenters. The van der Waals surface area contributed by atoms with Gasteiger partial charge in [-0.2, -0.15) is 35.1 Å². The molecule has 0 aromatic carbocycles. The summed E-state index contributed by atoms with van der Waals surface area (Å²) in [5.74, 6) is -12.4. The summed E-state index contributed by atoms with van der Waals surface area (Å²) in [6.07, 6.45) is -9.11. The van der Waals surface area contributed by atoms with Crippen LogP contribution < -0.4 is 0 Å². The van der Waals surface area contributed by atoms with E-state index in [1.54, 1.807) is 0 Å². The Bertz CT molecular complexity index is 236. The lowest BCUT2D eigenvalue weighted by molar-refractivity contribution is -0.365. The van der Waals surface area contributed by atoms with Gasteiger partial charge in [0.1, 0.15) is 0 Å². The minimum Gasteiger partial charge on any atom is -0.245 e. The van der Waals surface area contributed by atoms with Crippen LogP contribution in [0, 0.1) is 0 Å². The van der Waals surface area contributed by atoms with Gasteiger partial charge in [0.25, 0.3) is 0 Å². The van der Waals surface area contributed by atoms with Crippen LogP contribution >= 0.6 is 0 Å². The molecule has 1 rings (SSSR count). The first-order chi connectivity index (χ1) is 7.37. The summed E-state index contributed by atoms with van der Waals surface area (Å²) in [7, 11) is 0. The molecule has 0 unspecified atom stereocenters. The van der Waals surface area contributed by atoms with Crippen molar-refractivity contribution in [3.63, 3.8) is 0 Å². The third-order valence-corrected chi connectivity index (χ3v) is 1.88. The van der Waals surface area contributed by atoms with Gasteiger partial charge in [0.05, 0.1) is 0 Å². The highest BCUT2D eigenvalue weighted by Crippen LogP contribution is 2.60. The first kappa shape index (κ1) is 16.4. The van der Waals surface area contributed by atoms with E-state index in [4.69, 9.17) is 0 Å². The summed E-state index contributed by atoms with van der Waals surface area (Å²) >= 11 is 0. The van der Waals surface area contributed by atoms with Gasteiger partial charge in [0.2, 0.25) is 0 Å². The highest BCUT2D eigenvalue weighted by molar-refractivity contribution is 5.03. The molecule has 1 aliphatic heterocycles. The SMILES string of the molecule is CCCC.FC1(F)OC(F)(F)C(F)(F)C1(F)F. The molecular weight excluding hydrogens is 264 g/mol. The van der Waals surface area contributed by atoms with E-state index in [9.17, 15) is 35.1 Å². The molecule has 0 amide bonds. The van der Waals surface area contributed by atoms with Gasteiger partial charge in [-0.25, -0.2) is 4.74 Å². The molecule has 1 fully saturated rings. The molecule has 0 saturated carbocycles. The van der Waals surface area contributed by atoms with Gasteiger partial charge in [-0.05, 0) is 0 Å². The summed E-state index contributed by atoms with van der Waals surface area (Å²) in [6.45, 7) is 4.36. The van der Waals surface area contributed by atoms with Crippen LogP contribution in [-0.2, 0) is 4.74 Å². The fraction of sp³-hybridized carbons (Fsp3) is 1.00. The average Bonchev–Trinajstić information content (AvgIpc) is 2.22. The van der Waals surface area contributed by atoms with Crippen LogP contribution in [0.3, 0.4) is 0 Å². The minimum absolute atomic E-state index is 1.32. The van der Waals surface area contributed by atoms with Crippen molar-refractivity contribution in [1.29, 1.82) is 0 Å². The molecule has 1 heterocycles. The lowest BCUT2D eigenvalue weighted by Gasteiger charge is -2.20. The number of unbranched alkanes of at least 4 members (excludes halogenated alkanes) is 1. The Labute approximate surface area is 91.7 Å². The maximum Gasteiger partial charge on any atom is 0.430 e. The van der Waals surface area contributed by atoms with Crippen molar-refractivity contribution in [2.24, 2.45) is 0 Å². The molecule has 0 bridgehead atoms. The summed E-state index contributed by atoms with van der Waals surface area (Å²) in [4.78, 5) is 0. The van der Waals surface area contributed by atoms with Crippen molar-refractivity contribution < 1.29 is 39.9 Å². The zero-order chi connectivity index (χ0) is 14.1. The summed E-state index contributed by atoms with van der Waals surface area (Å²) in [6, 6.07) is 0. The van der Waals surface area contributed by atoms with Crippen molar-refractivity contribution in [3.8, 4) is 0 Å². The zero-order valence-corrected chi connectivity index (χ0v) is 8.85. The maximum atomic E-state index is 11.9. The first-order valence-electron chi connectivity index (χ1n) is 4.58. The third-order valence-electron chi connectivity index (χ3n) is 1.88. The number of hydrogen-bond acceptors (Lipinski definition) is 1. The van der Waals surface area contributed by atoms with Crippen LogP contribution in [0.1, 0.15) is 26.7 Å². The highest BCUT2D eigenvalue weighted by atomic mass is 19.4. The molecule has 17 heavy (non-hydrogen) atoms. The predicted octanol–water partition coefficient (Wildman–Crippen LogP) is 4.28. The van der Waals surface area contributed by atoms with Gasteiger partial charge in [0.15, 0.2) is 0 Å². The van der Waals surface area contributed by atoms with Crippen LogP contribution in [0.25, 0.3) is 0 Å². The molecule has 1 aliphatic rings. The molecule has 0 aromatic rings. The van der Waals surface area contributed by atoms with Gasteiger partial charge in [-0.1, -0.05) is 26.7 Å². The molecule has 1 saturated heterocycles. The van der Waals surface area contributed by atoms with Crippen LogP contribution in [-0.4, -0.2) is 24.1 Å². The molecular formula is C8H10F8O. The molecule has 0 N–H and O–H groups in total. The monoisotopic (exact) mass is 274 g/mol. The number of ether oxygens (including phenoxy) is 1. The Morgan fingerprint density at radius 2 is 0.882 bits per heavy atom. The molecule has 0 aromatic heterocycles. The van der Waals surface area contributed by atoms with Crippen molar-refractivity contribution in [3.05, 3.63) is 0 Å². The van der Waals surface area contributed by atoms with Crippen LogP contribution in [0.4, 0.5) is 35.1 Å². The third kappa shape index (κ3) is 2.48. The Morgan fingerprint density at radius 1 is 0.647 bits per heavy atom. The van der Waals surface area contributed by atoms with Gasteiger partial charge in [0, 0.05) is 0 Å². The van der Waals surface area contributed by atoms with Crippen molar-refractivity contribution >= 4 is 0 Å². The molecule has 104 valence electrons.